The molecule has 0 amide bonds. The zero-order chi connectivity index (χ0) is 9.54. The van der Waals surface area contributed by atoms with Crippen LogP contribution in [0.2, 0.25) is 0 Å². The van der Waals surface area contributed by atoms with Crippen molar-refractivity contribution in [2.45, 2.75) is 6.54 Å². The van der Waals surface area contributed by atoms with Gasteiger partial charge in [0.2, 0.25) is 0 Å². The van der Waals surface area contributed by atoms with Gasteiger partial charge in [0.15, 0.2) is 3.92 Å². The van der Waals surface area contributed by atoms with Crippen molar-refractivity contribution in [1.29, 1.82) is 0 Å². The highest BCUT2D eigenvalue weighted by atomic mass is 79.9. The van der Waals surface area contributed by atoms with Gasteiger partial charge in [-0.3, -0.25) is 0 Å². The number of benzene rings is 1. The molecule has 1 N–H and O–H groups in total. The molecule has 2 heterocycles. The molecule has 0 saturated heterocycles. The maximum absolute atomic E-state index is 4.49. The summed E-state index contributed by atoms with van der Waals surface area (Å²) < 4.78 is 0.959. The molecule has 0 bridgehead atoms. The third kappa shape index (κ3) is 1.18. The van der Waals surface area contributed by atoms with Gasteiger partial charge in [-0.2, -0.15) is 0 Å². The smallest absolute Gasteiger partial charge is 0.160 e. The Bertz CT molecular complexity index is 493. The van der Waals surface area contributed by atoms with Crippen molar-refractivity contribution in [2.75, 3.05) is 5.32 Å². The first kappa shape index (κ1) is 8.44. The van der Waals surface area contributed by atoms with Crippen LogP contribution in [0.5, 0.6) is 0 Å². The number of aromatic nitrogens is 1. The Hall–Kier alpha value is -0.870. The first-order valence-electron chi connectivity index (χ1n) is 4.33. The number of thiazole rings is 1. The van der Waals surface area contributed by atoms with Crippen molar-refractivity contribution in [3.8, 4) is 11.3 Å². The molecular formula is C10H7BrN2S. The van der Waals surface area contributed by atoms with Crippen LogP contribution in [0, 0.1) is 0 Å². The van der Waals surface area contributed by atoms with Crippen LogP contribution in [0.1, 0.15) is 4.88 Å². The molecule has 0 aliphatic carbocycles. The third-order valence-electron chi connectivity index (χ3n) is 2.29. The van der Waals surface area contributed by atoms with Crippen molar-refractivity contribution in [3.05, 3.63) is 33.1 Å². The predicted molar refractivity (Wildman–Crippen MR) is 62.6 cm³/mol. The summed E-state index contributed by atoms with van der Waals surface area (Å²) in [5, 5.41) is 3.38. The summed E-state index contributed by atoms with van der Waals surface area (Å²) in [6.07, 6.45) is 0. The molecule has 0 radical (unpaired) electrons. The van der Waals surface area contributed by atoms with Crippen molar-refractivity contribution < 1.29 is 0 Å². The lowest BCUT2D eigenvalue weighted by Gasteiger charge is -2.16. The molecule has 3 rings (SSSR count). The van der Waals surface area contributed by atoms with Gasteiger partial charge in [-0.05, 0) is 22.0 Å². The van der Waals surface area contributed by atoms with Gasteiger partial charge in [0, 0.05) is 11.3 Å². The molecule has 0 atom stereocenters. The largest absolute Gasteiger partial charge is 0.380 e. The monoisotopic (exact) mass is 266 g/mol. The maximum atomic E-state index is 4.49. The second kappa shape index (κ2) is 3.07. The standard InChI is InChI=1S/C10H7BrN2S/c11-10-13-9-6-3-1-2-4-7(6)12-5-8(9)14-10/h1-4,12H,5H2. The molecule has 1 aliphatic rings. The number of para-hydroxylation sites is 1. The number of rotatable bonds is 0. The van der Waals surface area contributed by atoms with E-state index in [4.69, 9.17) is 0 Å². The molecule has 0 fully saturated rings. The van der Waals surface area contributed by atoms with E-state index < -0.39 is 0 Å². The van der Waals surface area contributed by atoms with Gasteiger partial charge in [0.25, 0.3) is 0 Å². The number of nitrogens with zero attached hydrogens (tertiary/aromatic N) is 1. The Labute approximate surface area is 94.1 Å². The van der Waals surface area contributed by atoms with E-state index >= 15 is 0 Å². The lowest BCUT2D eigenvalue weighted by atomic mass is 10.1. The van der Waals surface area contributed by atoms with Crippen LogP contribution in [0.3, 0.4) is 0 Å². The number of fused-ring (bicyclic) bond motifs is 3. The van der Waals surface area contributed by atoms with Crippen LogP contribution >= 0.6 is 27.3 Å². The molecule has 0 unspecified atom stereocenters. The van der Waals surface area contributed by atoms with Crippen molar-refractivity contribution >= 4 is 33.0 Å². The predicted octanol–water partition coefficient (Wildman–Crippen LogP) is 3.50. The Morgan fingerprint density at radius 3 is 3.14 bits per heavy atom. The van der Waals surface area contributed by atoms with E-state index in [1.807, 2.05) is 12.1 Å². The molecule has 0 spiro atoms. The van der Waals surface area contributed by atoms with E-state index in [1.165, 1.54) is 16.1 Å². The van der Waals surface area contributed by atoms with Crippen LogP contribution in [0.15, 0.2) is 28.2 Å². The second-order valence-corrected chi connectivity index (χ2v) is 5.50. The summed E-state index contributed by atoms with van der Waals surface area (Å²) in [5.41, 5.74) is 3.50. The summed E-state index contributed by atoms with van der Waals surface area (Å²) in [6, 6.07) is 8.28. The van der Waals surface area contributed by atoms with E-state index in [2.05, 4.69) is 38.4 Å². The minimum Gasteiger partial charge on any atom is -0.380 e. The highest BCUT2D eigenvalue weighted by Gasteiger charge is 2.18. The molecule has 2 aromatic rings. The summed E-state index contributed by atoms with van der Waals surface area (Å²) in [7, 11) is 0. The average Bonchev–Trinajstić information content (AvgIpc) is 2.59. The Morgan fingerprint density at radius 1 is 1.36 bits per heavy atom. The first-order valence-corrected chi connectivity index (χ1v) is 5.94. The molecule has 1 aromatic heterocycles. The van der Waals surface area contributed by atoms with Crippen LogP contribution < -0.4 is 5.32 Å². The SMILES string of the molecule is Brc1nc2c(s1)CNc1ccccc1-2. The van der Waals surface area contributed by atoms with Gasteiger partial charge >= 0.3 is 0 Å². The van der Waals surface area contributed by atoms with Crippen molar-refractivity contribution in [2.24, 2.45) is 0 Å². The van der Waals surface area contributed by atoms with Crippen molar-refractivity contribution in [3.63, 3.8) is 0 Å². The Morgan fingerprint density at radius 2 is 2.21 bits per heavy atom. The average molecular weight is 267 g/mol. The summed E-state index contributed by atoms with van der Waals surface area (Å²) in [4.78, 5) is 5.79. The van der Waals surface area contributed by atoms with Crippen molar-refractivity contribution in [1.82, 2.24) is 4.98 Å². The Kier molecular flexibility index (Phi) is 1.85. The van der Waals surface area contributed by atoms with E-state index in [0.717, 1.165) is 16.2 Å². The quantitative estimate of drug-likeness (QED) is 0.790. The van der Waals surface area contributed by atoms with E-state index in [1.54, 1.807) is 11.3 Å². The van der Waals surface area contributed by atoms with E-state index in [0.29, 0.717) is 0 Å². The van der Waals surface area contributed by atoms with Gasteiger partial charge in [-0.1, -0.05) is 18.2 Å². The fourth-order valence-corrected chi connectivity index (χ4v) is 3.17. The third-order valence-corrected chi connectivity index (χ3v) is 3.80. The van der Waals surface area contributed by atoms with Gasteiger partial charge in [0.05, 0.1) is 17.1 Å². The molecule has 70 valence electrons. The molecule has 0 saturated carbocycles. The Balaban J connectivity index is 2.28. The highest BCUT2D eigenvalue weighted by molar-refractivity contribution is 9.11. The summed E-state index contributed by atoms with van der Waals surface area (Å²) in [5.74, 6) is 0. The normalized spacial score (nSPS) is 12.9. The number of hydrogen-bond donors (Lipinski definition) is 1. The molecule has 4 heteroatoms. The number of anilines is 1. The molecule has 2 nitrogen and oxygen atoms in total. The minimum absolute atomic E-state index is 0.885. The fraction of sp³-hybridized carbons (Fsp3) is 0.100. The second-order valence-electron chi connectivity index (χ2n) is 3.14. The van der Waals surface area contributed by atoms with Gasteiger partial charge < -0.3 is 5.32 Å². The minimum atomic E-state index is 0.885. The topological polar surface area (TPSA) is 24.9 Å². The number of hydrogen-bond acceptors (Lipinski definition) is 3. The lowest BCUT2D eigenvalue weighted by molar-refractivity contribution is 1.14. The fourth-order valence-electron chi connectivity index (χ4n) is 1.67. The molecule has 14 heavy (non-hydrogen) atoms. The first-order chi connectivity index (χ1) is 6.84. The summed E-state index contributed by atoms with van der Waals surface area (Å²) >= 11 is 5.12. The molecule has 1 aliphatic heterocycles. The van der Waals surface area contributed by atoms with Crippen LogP contribution in [0.25, 0.3) is 11.3 Å². The van der Waals surface area contributed by atoms with Gasteiger partial charge in [0.1, 0.15) is 0 Å². The number of halogens is 1. The van der Waals surface area contributed by atoms with Crippen LogP contribution in [-0.2, 0) is 6.54 Å². The zero-order valence-corrected chi connectivity index (χ0v) is 9.65. The highest BCUT2D eigenvalue weighted by Crippen LogP contribution is 2.38. The molecular weight excluding hydrogens is 260 g/mol. The summed E-state index contributed by atoms with van der Waals surface area (Å²) in [6.45, 7) is 0.885. The van der Waals surface area contributed by atoms with E-state index in [-0.39, 0.29) is 0 Å². The lowest BCUT2D eigenvalue weighted by Crippen LogP contribution is -2.06. The molecule has 1 aromatic carbocycles. The van der Waals surface area contributed by atoms with Crippen LogP contribution in [0.4, 0.5) is 5.69 Å². The number of nitrogens with one attached hydrogen (secondary N) is 1. The maximum Gasteiger partial charge on any atom is 0.160 e. The zero-order valence-electron chi connectivity index (χ0n) is 7.25. The van der Waals surface area contributed by atoms with Gasteiger partial charge in [-0.25, -0.2) is 4.98 Å². The van der Waals surface area contributed by atoms with Crippen LogP contribution in [-0.4, -0.2) is 4.98 Å². The van der Waals surface area contributed by atoms with Gasteiger partial charge in [-0.15, -0.1) is 11.3 Å². The van der Waals surface area contributed by atoms with E-state index in [9.17, 15) is 0 Å².